The number of rotatable bonds is 4. The van der Waals surface area contributed by atoms with E-state index in [1.165, 1.54) is 22.5 Å². The van der Waals surface area contributed by atoms with Crippen molar-refractivity contribution in [2.75, 3.05) is 116 Å². The van der Waals surface area contributed by atoms with Crippen molar-refractivity contribution in [1.29, 1.82) is 0 Å². The van der Waals surface area contributed by atoms with Crippen LogP contribution in [0.5, 0.6) is 0 Å². The Morgan fingerprint density at radius 3 is 1.05 bits per heavy atom. The van der Waals surface area contributed by atoms with E-state index in [2.05, 4.69) is 79.6 Å². The molecule has 0 aliphatic carbocycles. The van der Waals surface area contributed by atoms with Crippen LogP contribution in [0.15, 0.2) is 48.5 Å². The molecule has 10 nitrogen and oxygen atoms in total. The average Bonchev–Trinajstić information content (AvgIpc) is 3.01. The van der Waals surface area contributed by atoms with Crippen molar-refractivity contribution in [3.8, 4) is 0 Å². The second-order valence-electron chi connectivity index (χ2n) is 9.67. The Balaban J connectivity index is 1.30. The van der Waals surface area contributed by atoms with Gasteiger partial charge >= 0.3 is 0 Å². The van der Waals surface area contributed by atoms with E-state index in [4.69, 9.17) is 18.9 Å². The fraction of sp³-hybridized carbons (Fsp3) is 0.586. The topological polar surface area (TPSA) is 91.5 Å². The molecule has 2 heterocycles. The van der Waals surface area contributed by atoms with E-state index in [9.17, 15) is 0 Å². The molecule has 0 aromatic heterocycles. The van der Waals surface area contributed by atoms with E-state index in [1.807, 2.05) is 0 Å². The monoisotopic (exact) mass is 542 g/mol. The number of benzene rings is 2. The summed E-state index contributed by atoms with van der Waals surface area (Å²) in [5.41, 5.74) is 4.97. The molecule has 0 saturated carbocycles. The minimum Gasteiger partial charge on any atom is -0.378 e. The van der Waals surface area contributed by atoms with Gasteiger partial charge < -0.3 is 28.7 Å². The Kier molecular flexibility index (Phi) is 13.8. The predicted molar refractivity (Wildman–Crippen MR) is 155 cm³/mol. The molecule has 10 heteroatoms. The third-order valence-corrected chi connectivity index (χ3v) is 6.66. The molecule has 4 N–H and O–H groups in total. The molecule has 2 fully saturated rings. The lowest BCUT2D eigenvalue weighted by Gasteiger charge is -2.26. The molecule has 0 spiro atoms. The van der Waals surface area contributed by atoms with Gasteiger partial charge in [-0.15, -0.1) is 0 Å². The first kappa shape index (κ1) is 29.7. The molecule has 216 valence electrons. The van der Waals surface area contributed by atoms with E-state index < -0.39 is 0 Å². The molecule has 2 saturated heterocycles. The predicted octanol–water partition coefficient (Wildman–Crippen LogP) is 1.17. The Morgan fingerprint density at radius 2 is 0.744 bits per heavy atom. The summed E-state index contributed by atoms with van der Waals surface area (Å²) in [6.07, 6.45) is 0.900. The summed E-state index contributed by atoms with van der Waals surface area (Å²) >= 11 is 0. The summed E-state index contributed by atoms with van der Waals surface area (Å²) in [4.78, 5) is 4.60. The van der Waals surface area contributed by atoms with Crippen LogP contribution in [0.1, 0.15) is 11.1 Å². The smallest absolute Gasteiger partial charge is 0.0701 e. The number of ether oxygens (including phenoxy) is 4. The van der Waals surface area contributed by atoms with Gasteiger partial charge in [-0.25, -0.2) is 0 Å². The standard InChI is InChI=1S/C29H46N6O4/c1-5-28(34-22-30-9-13-36-17-18-37-14-10-31-23-34)6-2-26(1)21-27-3-7-29(8-4-27)35-24-32-11-15-38-19-20-39-16-12-33-25-35/h1-8,30-33H,9-25H2. The molecule has 2 aliphatic rings. The van der Waals surface area contributed by atoms with E-state index in [0.717, 1.165) is 59.3 Å². The minimum absolute atomic E-state index is 0.647. The molecule has 2 aliphatic heterocycles. The fourth-order valence-electron chi connectivity index (χ4n) is 4.44. The van der Waals surface area contributed by atoms with Gasteiger partial charge in [0, 0.05) is 37.6 Å². The molecular weight excluding hydrogens is 496 g/mol. The average molecular weight is 543 g/mol. The lowest BCUT2D eigenvalue weighted by atomic mass is 10.0. The maximum Gasteiger partial charge on any atom is 0.0701 e. The molecule has 4 rings (SSSR count). The van der Waals surface area contributed by atoms with Crippen molar-refractivity contribution in [2.45, 2.75) is 6.42 Å². The highest BCUT2D eigenvalue weighted by molar-refractivity contribution is 5.50. The van der Waals surface area contributed by atoms with Crippen LogP contribution in [0.4, 0.5) is 11.4 Å². The van der Waals surface area contributed by atoms with E-state index in [1.54, 1.807) is 0 Å². The zero-order valence-corrected chi connectivity index (χ0v) is 23.2. The largest absolute Gasteiger partial charge is 0.378 e. The Labute approximate surface area is 233 Å². The minimum atomic E-state index is 0.647. The highest BCUT2D eigenvalue weighted by Gasteiger charge is 2.09. The number of hydrogen-bond acceptors (Lipinski definition) is 10. The lowest BCUT2D eigenvalue weighted by molar-refractivity contribution is 0.0508. The highest BCUT2D eigenvalue weighted by Crippen LogP contribution is 2.19. The summed E-state index contributed by atoms with van der Waals surface area (Å²) in [6, 6.07) is 17.8. The Hall–Kier alpha value is -2.28. The number of nitrogens with one attached hydrogen (secondary N) is 4. The van der Waals surface area contributed by atoms with Crippen molar-refractivity contribution in [3.05, 3.63) is 59.7 Å². The molecule has 0 unspecified atom stereocenters. The summed E-state index contributed by atoms with van der Waals surface area (Å²) in [6.45, 7) is 11.7. The van der Waals surface area contributed by atoms with Gasteiger partial charge in [-0.3, -0.25) is 21.3 Å². The van der Waals surface area contributed by atoms with Crippen LogP contribution in [0.25, 0.3) is 0 Å². The molecule has 2 aromatic carbocycles. The first-order valence-electron chi connectivity index (χ1n) is 14.2. The molecule has 0 amide bonds. The lowest BCUT2D eigenvalue weighted by Crippen LogP contribution is -2.42. The summed E-state index contributed by atoms with van der Waals surface area (Å²) < 4.78 is 22.4. The van der Waals surface area contributed by atoms with Gasteiger partial charge in [0.1, 0.15) is 0 Å². The summed E-state index contributed by atoms with van der Waals surface area (Å²) in [5, 5.41) is 13.9. The number of anilines is 2. The zero-order valence-electron chi connectivity index (χ0n) is 23.2. The molecule has 2 aromatic rings. The number of nitrogens with zero attached hydrogens (tertiary/aromatic N) is 2. The van der Waals surface area contributed by atoms with Gasteiger partial charge in [0.25, 0.3) is 0 Å². The second kappa shape index (κ2) is 18.1. The summed E-state index contributed by atoms with van der Waals surface area (Å²) in [5.74, 6) is 0. The summed E-state index contributed by atoms with van der Waals surface area (Å²) in [7, 11) is 0. The third kappa shape index (κ3) is 11.4. The van der Waals surface area contributed by atoms with Gasteiger partial charge in [-0.1, -0.05) is 24.3 Å². The van der Waals surface area contributed by atoms with Crippen molar-refractivity contribution in [3.63, 3.8) is 0 Å². The van der Waals surface area contributed by atoms with Gasteiger partial charge in [0.05, 0.1) is 79.5 Å². The van der Waals surface area contributed by atoms with Crippen LogP contribution in [-0.2, 0) is 25.4 Å². The normalized spacial score (nSPS) is 20.4. The van der Waals surface area contributed by atoms with Crippen LogP contribution < -0.4 is 31.1 Å². The Bertz CT molecular complexity index is 800. The van der Waals surface area contributed by atoms with Crippen molar-refractivity contribution in [2.24, 2.45) is 0 Å². The third-order valence-electron chi connectivity index (χ3n) is 6.66. The van der Waals surface area contributed by atoms with Crippen molar-refractivity contribution >= 4 is 11.4 Å². The van der Waals surface area contributed by atoms with E-state index in [0.29, 0.717) is 52.9 Å². The second-order valence-corrected chi connectivity index (χ2v) is 9.67. The van der Waals surface area contributed by atoms with Crippen LogP contribution in [0, 0.1) is 0 Å². The first-order chi connectivity index (χ1) is 19.4. The van der Waals surface area contributed by atoms with Crippen LogP contribution >= 0.6 is 0 Å². The highest BCUT2D eigenvalue weighted by atomic mass is 16.5. The first-order valence-corrected chi connectivity index (χ1v) is 14.2. The fourth-order valence-corrected chi connectivity index (χ4v) is 4.44. The van der Waals surface area contributed by atoms with Crippen LogP contribution in [0.2, 0.25) is 0 Å². The Morgan fingerprint density at radius 1 is 0.436 bits per heavy atom. The molecule has 39 heavy (non-hydrogen) atoms. The maximum absolute atomic E-state index is 5.59. The van der Waals surface area contributed by atoms with Gasteiger partial charge in [0.15, 0.2) is 0 Å². The molecular formula is C29H46N6O4. The number of hydrogen-bond donors (Lipinski definition) is 4. The van der Waals surface area contributed by atoms with E-state index >= 15 is 0 Å². The zero-order chi connectivity index (χ0) is 26.8. The van der Waals surface area contributed by atoms with Crippen molar-refractivity contribution < 1.29 is 18.9 Å². The molecule has 0 atom stereocenters. The van der Waals surface area contributed by atoms with Crippen molar-refractivity contribution in [1.82, 2.24) is 21.3 Å². The SMILES string of the molecule is c1cc(N2CNCCOCCOCCNC2)ccc1Cc1ccc(N2CNCCOCCOCCNC2)cc1. The molecule has 0 radical (unpaired) electrons. The van der Waals surface area contributed by atoms with Gasteiger partial charge in [-0.05, 0) is 41.8 Å². The maximum atomic E-state index is 5.59. The van der Waals surface area contributed by atoms with Gasteiger partial charge in [-0.2, -0.15) is 0 Å². The quantitative estimate of drug-likeness (QED) is 0.452. The molecule has 0 bridgehead atoms. The van der Waals surface area contributed by atoms with Crippen LogP contribution in [0.3, 0.4) is 0 Å². The van der Waals surface area contributed by atoms with E-state index in [-0.39, 0.29) is 0 Å². The van der Waals surface area contributed by atoms with Gasteiger partial charge in [0.2, 0.25) is 0 Å². The van der Waals surface area contributed by atoms with Crippen LogP contribution in [-0.4, -0.2) is 106 Å².